The monoisotopic (exact) mass is 401 g/mol. The minimum absolute atomic E-state index is 0.0700. The molecule has 0 atom stereocenters. The Kier molecular flexibility index (Phi) is 6.27. The molecule has 0 aliphatic carbocycles. The Hall–Kier alpha value is -2.91. The number of H-pyrrole nitrogens is 1. The minimum Gasteiger partial charge on any atom is -0.342 e. The molecule has 28 heavy (non-hydrogen) atoms. The maximum atomic E-state index is 11.9. The van der Waals surface area contributed by atoms with Crippen molar-refractivity contribution in [2.45, 2.75) is 18.7 Å². The number of nitrogens with zero attached hydrogens (tertiary/aromatic N) is 1. The van der Waals surface area contributed by atoms with Gasteiger partial charge in [0.2, 0.25) is 10.0 Å². The lowest BCUT2D eigenvalue weighted by atomic mass is 10.1. The zero-order valence-electron chi connectivity index (χ0n) is 15.5. The third-order valence-corrected chi connectivity index (χ3v) is 5.56. The Morgan fingerprint density at radius 3 is 2.46 bits per heavy atom. The van der Waals surface area contributed by atoms with E-state index in [1.54, 1.807) is 24.3 Å². The van der Waals surface area contributed by atoms with Crippen molar-refractivity contribution in [3.8, 4) is 0 Å². The van der Waals surface area contributed by atoms with Gasteiger partial charge in [-0.1, -0.05) is 36.4 Å². The van der Waals surface area contributed by atoms with E-state index in [0.29, 0.717) is 25.1 Å². The minimum atomic E-state index is -3.29. The number of amides is 2. The lowest BCUT2D eigenvalue weighted by molar-refractivity contribution is 0.240. The van der Waals surface area contributed by atoms with Crippen molar-refractivity contribution in [3.63, 3.8) is 0 Å². The van der Waals surface area contributed by atoms with Crippen molar-refractivity contribution in [1.82, 2.24) is 25.3 Å². The van der Waals surface area contributed by atoms with E-state index >= 15 is 0 Å². The second kappa shape index (κ2) is 8.85. The van der Waals surface area contributed by atoms with Gasteiger partial charge in [-0.25, -0.2) is 22.9 Å². The number of sulfonamides is 1. The fourth-order valence-corrected chi connectivity index (χ4v) is 3.48. The number of carbonyl (C=O) groups is 1. The zero-order chi connectivity index (χ0) is 20.0. The van der Waals surface area contributed by atoms with Crippen molar-refractivity contribution in [2.24, 2.45) is 0 Å². The second-order valence-electron chi connectivity index (χ2n) is 6.34. The molecule has 0 saturated heterocycles. The zero-order valence-corrected chi connectivity index (χ0v) is 16.3. The highest BCUT2D eigenvalue weighted by Gasteiger charge is 2.08. The molecular formula is C19H23N5O3S. The summed E-state index contributed by atoms with van der Waals surface area (Å²) in [7, 11) is -1.90. The van der Waals surface area contributed by atoms with Crippen LogP contribution < -0.4 is 15.4 Å². The highest BCUT2D eigenvalue weighted by molar-refractivity contribution is 7.88. The molecule has 1 aromatic heterocycles. The normalized spacial score (nSPS) is 11.5. The summed E-state index contributed by atoms with van der Waals surface area (Å²) >= 11 is 0. The fraction of sp³-hybridized carbons (Fsp3) is 0.263. The number of carbonyl (C=O) groups excluding carboxylic acids is 1. The number of aromatic amines is 1. The van der Waals surface area contributed by atoms with Crippen molar-refractivity contribution in [1.29, 1.82) is 0 Å². The average molecular weight is 401 g/mol. The number of para-hydroxylation sites is 2. The third-order valence-electron chi connectivity index (χ3n) is 4.23. The summed E-state index contributed by atoms with van der Waals surface area (Å²) in [4.78, 5) is 19.6. The summed E-state index contributed by atoms with van der Waals surface area (Å²) in [5, 5.41) is 5.58. The van der Waals surface area contributed by atoms with Crippen LogP contribution in [-0.4, -0.2) is 38.0 Å². The van der Waals surface area contributed by atoms with E-state index in [9.17, 15) is 13.2 Å². The number of hydrogen-bond acceptors (Lipinski definition) is 4. The Morgan fingerprint density at radius 1 is 1.04 bits per heavy atom. The molecular weight excluding hydrogens is 378 g/mol. The van der Waals surface area contributed by atoms with Crippen molar-refractivity contribution >= 4 is 27.1 Å². The van der Waals surface area contributed by atoms with Crippen LogP contribution in [0.4, 0.5) is 4.79 Å². The smallest absolute Gasteiger partial charge is 0.315 e. The lowest BCUT2D eigenvalue weighted by Crippen LogP contribution is -2.36. The van der Waals surface area contributed by atoms with Crippen LogP contribution in [-0.2, 0) is 28.7 Å². The van der Waals surface area contributed by atoms with E-state index in [1.165, 1.54) is 7.05 Å². The molecule has 2 amide bonds. The Morgan fingerprint density at radius 2 is 1.75 bits per heavy atom. The van der Waals surface area contributed by atoms with E-state index in [1.807, 2.05) is 24.3 Å². The summed E-state index contributed by atoms with van der Waals surface area (Å²) in [6.07, 6.45) is 0.608. The van der Waals surface area contributed by atoms with E-state index < -0.39 is 10.0 Å². The Labute approximate surface area is 163 Å². The van der Waals surface area contributed by atoms with Gasteiger partial charge >= 0.3 is 6.03 Å². The predicted octanol–water partition coefficient (Wildman–Crippen LogP) is 1.65. The first-order valence-electron chi connectivity index (χ1n) is 8.89. The number of imidazole rings is 1. The van der Waals surface area contributed by atoms with Crippen LogP contribution in [0.2, 0.25) is 0 Å². The molecule has 0 unspecified atom stereocenters. The summed E-state index contributed by atoms with van der Waals surface area (Å²) in [5.74, 6) is 0.757. The molecule has 2 aromatic carbocycles. The number of urea groups is 1. The Bertz CT molecular complexity index is 1010. The van der Waals surface area contributed by atoms with Crippen molar-refractivity contribution < 1.29 is 13.2 Å². The van der Waals surface area contributed by atoms with Crippen LogP contribution in [0, 0.1) is 0 Å². The van der Waals surface area contributed by atoms with E-state index in [-0.39, 0.29) is 11.8 Å². The molecule has 0 aliphatic heterocycles. The maximum absolute atomic E-state index is 11.9. The highest BCUT2D eigenvalue weighted by Crippen LogP contribution is 2.10. The molecule has 0 spiro atoms. The number of fused-ring (bicyclic) bond motifs is 1. The first kappa shape index (κ1) is 19.8. The van der Waals surface area contributed by atoms with Gasteiger partial charge < -0.3 is 15.6 Å². The summed E-state index contributed by atoms with van der Waals surface area (Å²) < 4.78 is 25.4. The molecule has 0 bridgehead atoms. The first-order valence-corrected chi connectivity index (χ1v) is 10.5. The van der Waals surface area contributed by atoms with Crippen LogP contribution in [0.25, 0.3) is 11.0 Å². The predicted molar refractivity (Wildman–Crippen MR) is 108 cm³/mol. The van der Waals surface area contributed by atoms with Gasteiger partial charge in [0.25, 0.3) is 0 Å². The van der Waals surface area contributed by atoms with Gasteiger partial charge in [0.15, 0.2) is 0 Å². The van der Waals surface area contributed by atoms with Gasteiger partial charge in [0.05, 0.1) is 16.8 Å². The standard InChI is InChI=1S/C19H23N5O3S/c1-20-28(26,27)13-15-8-6-14(7-9-15)12-22-19(25)21-11-10-18-23-16-4-2-3-5-17(16)24-18/h2-9,20H,10-13H2,1H3,(H,23,24)(H2,21,22,25). The molecule has 4 N–H and O–H groups in total. The number of rotatable bonds is 8. The SMILES string of the molecule is CNS(=O)(=O)Cc1ccc(CNC(=O)NCCc2nc3ccccc3[nH]2)cc1. The van der Waals surface area contributed by atoms with Crippen molar-refractivity contribution in [2.75, 3.05) is 13.6 Å². The molecule has 3 rings (SSSR count). The van der Waals surface area contributed by atoms with Gasteiger partial charge in [-0.15, -0.1) is 0 Å². The van der Waals surface area contributed by atoms with E-state index in [0.717, 1.165) is 22.4 Å². The van der Waals surface area contributed by atoms with Crippen LogP contribution in [0.15, 0.2) is 48.5 Å². The highest BCUT2D eigenvalue weighted by atomic mass is 32.2. The number of nitrogens with one attached hydrogen (secondary N) is 4. The first-order chi connectivity index (χ1) is 13.4. The number of hydrogen-bond donors (Lipinski definition) is 4. The van der Waals surface area contributed by atoms with E-state index in [4.69, 9.17) is 0 Å². The van der Waals surface area contributed by atoms with Gasteiger partial charge in [0, 0.05) is 19.5 Å². The van der Waals surface area contributed by atoms with Gasteiger partial charge in [-0.2, -0.15) is 0 Å². The quantitative estimate of drug-likeness (QED) is 0.459. The van der Waals surface area contributed by atoms with Crippen LogP contribution >= 0.6 is 0 Å². The molecule has 8 nitrogen and oxygen atoms in total. The van der Waals surface area contributed by atoms with Crippen molar-refractivity contribution in [3.05, 3.63) is 65.5 Å². The molecule has 148 valence electrons. The topological polar surface area (TPSA) is 116 Å². The molecule has 0 aliphatic rings. The summed E-state index contributed by atoms with van der Waals surface area (Å²) in [5.41, 5.74) is 3.47. The molecule has 0 fully saturated rings. The van der Waals surface area contributed by atoms with Gasteiger partial charge in [-0.3, -0.25) is 0 Å². The van der Waals surface area contributed by atoms with Crippen LogP contribution in [0.5, 0.6) is 0 Å². The Balaban J connectivity index is 1.41. The summed E-state index contributed by atoms with van der Waals surface area (Å²) in [6, 6.07) is 14.6. The van der Waals surface area contributed by atoms with Crippen LogP contribution in [0.3, 0.4) is 0 Å². The number of benzene rings is 2. The largest absolute Gasteiger partial charge is 0.342 e. The van der Waals surface area contributed by atoms with Gasteiger partial charge in [0.1, 0.15) is 5.82 Å². The second-order valence-corrected chi connectivity index (χ2v) is 8.27. The maximum Gasteiger partial charge on any atom is 0.315 e. The van der Waals surface area contributed by atoms with Crippen LogP contribution in [0.1, 0.15) is 17.0 Å². The number of aromatic nitrogens is 2. The molecule has 0 saturated carbocycles. The fourth-order valence-electron chi connectivity index (χ4n) is 2.71. The van der Waals surface area contributed by atoms with E-state index in [2.05, 4.69) is 25.3 Å². The molecule has 9 heteroatoms. The molecule has 3 aromatic rings. The summed E-state index contributed by atoms with van der Waals surface area (Å²) in [6.45, 7) is 0.821. The molecule has 1 heterocycles. The van der Waals surface area contributed by atoms with Gasteiger partial charge in [-0.05, 0) is 30.3 Å². The third kappa shape index (κ3) is 5.54. The molecule has 0 radical (unpaired) electrons. The lowest BCUT2D eigenvalue weighted by Gasteiger charge is -2.08. The average Bonchev–Trinajstić information content (AvgIpc) is 3.10.